The molecule has 0 spiro atoms. The first-order chi connectivity index (χ1) is 7.41. The van der Waals surface area contributed by atoms with Gasteiger partial charge in [-0.2, -0.15) is 0 Å². The van der Waals surface area contributed by atoms with Crippen molar-refractivity contribution in [3.05, 3.63) is 45.6 Å². The number of carbonyl (C=O) groups is 1. The van der Waals surface area contributed by atoms with E-state index in [2.05, 4.69) is 0 Å². The minimum Gasteiger partial charge on any atom is -0.381 e. The summed E-state index contributed by atoms with van der Waals surface area (Å²) in [5, 5.41) is 0.917. The smallest absolute Gasteiger partial charge is 0.189 e. The highest BCUT2D eigenvalue weighted by Crippen LogP contribution is 2.21. The predicted octanol–water partition coefficient (Wildman–Crippen LogP) is 3.64. The second-order valence-electron chi connectivity index (χ2n) is 3.67. The van der Waals surface area contributed by atoms with Gasteiger partial charge in [0.25, 0.3) is 0 Å². The Morgan fingerprint density at radius 2 is 1.94 bits per heavy atom. The molecular weight excluding hydrogens is 245 g/mol. The molecule has 0 heterocycles. The Morgan fingerprint density at radius 3 is 2.50 bits per heavy atom. The Kier molecular flexibility index (Phi) is 4.39. The Bertz CT molecular complexity index is 439. The van der Waals surface area contributed by atoms with E-state index in [1.165, 1.54) is 6.08 Å². The van der Waals surface area contributed by atoms with Gasteiger partial charge in [-0.25, -0.2) is 0 Å². The van der Waals surface area contributed by atoms with E-state index in [0.29, 0.717) is 15.6 Å². The summed E-state index contributed by atoms with van der Waals surface area (Å²) in [7, 11) is 3.75. The zero-order valence-electron chi connectivity index (χ0n) is 9.42. The summed E-state index contributed by atoms with van der Waals surface area (Å²) in [5.74, 6) is -0.140. The van der Waals surface area contributed by atoms with Crippen LogP contribution in [0.5, 0.6) is 0 Å². The summed E-state index contributed by atoms with van der Waals surface area (Å²) in [4.78, 5) is 13.7. The fraction of sp³-hybridized carbons (Fsp3) is 0.250. The highest BCUT2D eigenvalue weighted by atomic mass is 35.5. The number of halogens is 2. The van der Waals surface area contributed by atoms with Gasteiger partial charge in [-0.1, -0.05) is 23.2 Å². The van der Waals surface area contributed by atoms with Crippen molar-refractivity contribution in [3.63, 3.8) is 0 Å². The number of hydrogen-bond donors (Lipinski definition) is 0. The Labute approximate surface area is 105 Å². The van der Waals surface area contributed by atoms with Crippen molar-refractivity contribution in [2.45, 2.75) is 6.92 Å². The normalized spacial score (nSPS) is 11.4. The Balaban J connectivity index is 3.06. The van der Waals surface area contributed by atoms with Gasteiger partial charge in [0.05, 0.1) is 5.02 Å². The van der Waals surface area contributed by atoms with Crippen molar-refractivity contribution in [3.8, 4) is 0 Å². The first-order valence-corrected chi connectivity index (χ1v) is 5.52. The summed E-state index contributed by atoms with van der Waals surface area (Å²) in [6.45, 7) is 1.86. The number of rotatable bonds is 3. The van der Waals surface area contributed by atoms with Gasteiger partial charge < -0.3 is 4.90 Å². The van der Waals surface area contributed by atoms with Gasteiger partial charge in [0, 0.05) is 36.5 Å². The fourth-order valence-electron chi connectivity index (χ4n) is 1.08. The molecule has 2 nitrogen and oxygen atoms in total. The van der Waals surface area contributed by atoms with Crippen LogP contribution in [0.1, 0.15) is 17.3 Å². The van der Waals surface area contributed by atoms with Crippen LogP contribution in [0.15, 0.2) is 30.0 Å². The number of carbonyl (C=O) groups excluding carboxylic acids is 1. The fourth-order valence-corrected chi connectivity index (χ4v) is 1.47. The SMILES string of the molecule is CC(=CC(=O)c1cc(Cl)ccc1Cl)N(C)C. The van der Waals surface area contributed by atoms with Crippen molar-refractivity contribution >= 4 is 29.0 Å². The standard InChI is InChI=1S/C12H13Cl2NO/c1-8(15(2)3)6-12(16)10-7-9(13)4-5-11(10)14/h4-7H,1-3H3. The minimum absolute atomic E-state index is 0.140. The molecule has 0 fully saturated rings. The lowest BCUT2D eigenvalue weighted by Crippen LogP contribution is -2.10. The second kappa shape index (κ2) is 5.37. The van der Waals surface area contributed by atoms with Crippen molar-refractivity contribution in [2.24, 2.45) is 0 Å². The summed E-state index contributed by atoms with van der Waals surface area (Å²) in [5.41, 5.74) is 1.29. The van der Waals surface area contributed by atoms with Crippen LogP contribution in [-0.4, -0.2) is 24.8 Å². The molecule has 1 rings (SSSR count). The van der Waals surface area contributed by atoms with Gasteiger partial charge in [-0.05, 0) is 25.1 Å². The summed E-state index contributed by atoms with van der Waals surface area (Å²) >= 11 is 11.7. The zero-order chi connectivity index (χ0) is 12.3. The maximum absolute atomic E-state index is 11.9. The number of hydrogen-bond acceptors (Lipinski definition) is 2. The summed E-state index contributed by atoms with van der Waals surface area (Å²) in [6.07, 6.45) is 1.54. The molecule has 16 heavy (non-hydrogen) atoms. The van der Waals surface area contributed by atoms with Crippen LogP contribution in [0.2, 0.25) is 10.0 Å². The molecule has 1 aromatic rings. The van der Waals surface area contributed by atoms with Gasteiger partial charge in [0.15, 0.2) is 5.78 Å². The van der Waals surface area contributed by atoms with Crippen molar-refractivity contribution in [1.29, 1.82) is 0 Å². The third-order valence-corrected chi connectivity index (χ3v) is 2.80. The molecule has 0 aromatic heterocycles. The van der Waals surface area contributed by atoms with Crippen LogP contribution in [0.25, 0.3) is 0 Å². The van der Waals surface area contributed by atoms with Gasteiger partial charge in [-0.15, -0.1) is 0 Å². The number of allylic oxidation sites excluding steroid dienone is 2. The first kappa shape index (κ1) is 13.1. The third kappa shape index (κ3) is 3.26. The lowest BCUT2D eigenvalue weighted by atomic mass is 10.1. The van der Waals surface area contributed by atoms with Gasteiger partial charge >= 0.3 is 0 Å². The molecule has 4 heteroatoms. The average Bonchev–Trinajstić information content (AvgIpc) is 2.21. The predicted molar refractivity (Wildman–Crippen MR) is 68.2 cm³/mol. The van der Waals surface area contributed by atoms with Crippen LogP contribution in [0.3, 0.4) is 0 Å². The van der Waals surface area contributed by atoms with E-state index < -0.39 is 0 Å². The molecule has 0 radical (unpaired) electrons. The van der Waals surface area contributed by atoms with E-state index in [4.69, 9.17) is 23.2 Å². The Morgan fingerprint density at radius 1 is 1.31 bits per heavy atom. The van der Waals surface area contributed by atoms with Crippen LogP contribution in [0.4, 0.5) is 0 Å². The van der Waals surface area contributed by atoms with Gasteiger partial charge in [0.1, 0.15) is 0 Å². The van der Waals surface area contributed by atoms with Gasteiger partial charge in [-0.3, -0.25) is 4.79 Å². The molecule has 0 aliphatic carbocycles. The maximum atomic E-state index is 11.9. The molecule has 0 atom stereocenters. The monoisotopic (exact) mass is 257 g/mol. The molecule has 0 bridgehead atoms. The maximum Gasteiger partial charge on any atom is 0.189 e. The highest BCUT2D eigenvalue weighted by Gasteiger charge is 2.09. The molecule has 86 valence electrons. The molecular formula is C12H13Cl2NO. The van der Waals surface area contributed by atoms with E-state index in [1.807, 2.05) is 25.9 Å². The topological polar surface area (TPSA) is 20.3 Å². The van der Waals surface area contributed by atoms with Crippen LogP contribution in [0, 0.1) is 0 Å². The van der Waals surface area contributed by atoms with E-state index >= 15 is 0 Å². The van der Waals surface area contributed by atoms with Gasteiger partial charge in [0.2, 0.25) is 0 Å². The molecule has 1 aromatic carbocycles. The first-order valence-electron chi connectivity index (χ1n) is 4.77. The van der Waals surface area contributed by atoms with Crippen molar-refractivity contribution < 1.29 is 4.79 Å². The Hall–Kier alpha value is -0.990. The lowest BCUT2D eigenvalue weighted by molar-refractivity contribution is 0.104. The largest absolute Gasteiger partial charge is 0.381 e. The summed E-state index contributed by atoms with van der Waals surface area (Å²) in [6, 6.07) is 4.85. The minimum atomic E-state index is -0.140. The number of nitrogens with zero attached hydrogens (tertiary/aromatic N) is 1. The second-order valence-corrected chi connectivity index (χ2v) is 4.51. The zero-order valence-corrected chi connectivity index (χ0v) is 10.9. The van der Waals surface area contributed by atoms with E-state index in [9.17, 15) is 4.79 Å². The third-order valence-electron chi connectivity index (χ3n) is 2.24. The quantitative estimate of drug-likeness (QED) is 0.609. The van der Waals surface area contributed by atoms with E-state index in [1.54, 1.807) is 18.2 Å². The lowest BCUT2D eigenvalue weighted by Gasteiger charge is -2.12. The summed E-state index contributed by atoms with van der Waals surface area (Å²) < 4.78 is 0. The molecule has 0 amide bonds. The number of benzene rings is 1. The molecule has 0 aliphatic rings. The van der Waals surface area contributed by atoms with E-state index in [-0.39, 0.29) is 5.78 Å². The molecule has 0 saturated carbocycles. The average molecular weight is 258 g/mol. The van der Waals surface area contributed by atoms with Crippen molar-refractivity contribution in [1.82, 2.24) is 4.90 Å². The molecule has 0 saturated heterocycles. The van der Waals surface area contributed by atoms with Crippen LogP contribution < -0.4 is 0 Å². The molecule has 0 N–H and O–H groups in total. The highest BCUT2D eigenvalue weighted by molar-refractivity contribution is 6.36. The van der Waals surface area contributed by atoms with Crippen LogP contribution in [-0.2, 0) is 0 Å². The number of ketones is 1. The molecule has 0 aliphatic heterocycles. The van der Waals surface area contributed by atoms with E-state index in [0.717, 1.165) is 5.70 Å². The van der Waals surface area contributed by atoms with Crippen LogP contribution >= 0.6 is 23.2 Å². The molecule has 0 unspecified atom stereocenters. The van der Waals surface area contributed by atoms with Crippen molar-refractivity contribution in [2.75, 3.05) is 14.1 Å².